The predicted octanol–water partition coefficient (Wildman–Crippen LogP) is 3.50. The lowest BCUT2D eigenvalue weighted by Crippen LogP contribution is -1.97. The average Bonchev–Trinajstić information content (AvgIpc) is 2.79. The fourth-order valence-electron chi connectivity index (χ4n) is 2.02. The van der Waals surface area contributed by atoms with E-state index in [0.717, 1.165) is 11.3 Å². The van der Waals surface area contributed by atoms with Crippen molar-refractivity contribution in [1.29, 1.82) is 0 Å². The van der Waals surface area contributed by atoms with Gasteiger partial charge in [-0.1, -0.05) is 0 Å². The summed E-state index contributed by atoms with van der Waals surface area (Å²) >= 11 is 1.70. The minimum Gasteiger partial charge on any atom is -0.496 e. The minimum absolute atomic E-state index is 0.587. The Morgan fingerprint density at radius 3 is 2.53 bits per heavy atom. The Labute approximate surface area is 106 Å². The second kappa shape index (κ2) is 4.90. The van der Waals surface area contributed by atoms with E-state index in [2.05, 4.69) is 36.7 Å². The van der Waals surface area contributed by atoms with Crippen LogP contribution in [0.1, 0.15) is 16.7 Å². The highest BCUT2D eigenvalue weighted by molar-refractivity contribution is 7.08. The number of methoxy groups -OCH3 is 1. The minimum atomic E-state index is 0.587. The van der Waals surface area contributed by atoms with Gasteiger partial charge in [0.05, 0.1) is 7.11 Å². The maximum Gasteiger partial charge on any atom is 0.122 e. The second-order valence-electron chi connectivity index (χ2n) is 4.15. The first-order valence-corrected chi connectivity index (χ1v) is 6.52. The molecule has 3 heteroatoms. The number of aryl methyl sites for hydroxylation is 2. The number of ether oxygens (including phenoxy) is 1. The summed E-state index contributed by atoms with van der Waals surface area (Å²) in [6.45, 7) is 4.76. The number of thiophene rings is 1. The highest BCUT2D eigenvalue weighted by Gasteiger charge is 2.10. The highest BCUT2D eigenvalue weighted by atomic mass is 32.1. The van der Waals surface area contributed by atoms with Gasteiger partial charge in [-0.05, 0) is 64.6 Å². The molecule has 0 saturated heterocycles. The molecule has 0 spiro atoms. The van der Waals surface area contributed by atoms with Crippen LogP contribution in [0.15, 0.2) is 22.9 Å². The molecule has 0 aliphatic rings. The summed E-state index contributed by atoms with van der Waals surface area (Å²) in [7, 11) is 1.71. The maximum atomic E-state index is 5.76. The highest BCUT2D eigenvalue weighted by Crippen LogP contribution is 2.33. The standard InChI is InChI=1S/C14H17NOS/c1-9-5-14(16-3)10(2)4-12(9)13-8-17-7-11(13)6-15/h4-5,7-8H,6,15H2,1-3H3. The molecule has 1 aromatic heterocycles. The Hall–Kier alpha value is -1.32. The molecule has 2 rings (SSSR count). The molecule has 0 saturated carbocycles. The van der Waals surface area contributed by atoms with Crippen LogP contribution in [0, 0.1) is 13.8 Å². The van der Waals surface area contributed by atoms with Gasteiger partial charge in [0.2, 0.25) is 0 Å². The molecule has 0 amide bonds. The van der Waals surface area contributed by atoms with Crippen LogP contribution in [-0.4, -0.2) is 7.11 Å². The lowest BCUT2D eigenvalue weighted by atomic mass is 9.97. The topological polar surface area (TPSA) is 35.2 Å². The van der Waals surface area contributed by atoms with Gasteiger partial charge in [0, 0.05) is 6.54 Å². The summed E-state index contributed by atoms with van der Waals surface area (Å²) in [5, 5.41) is 4.28. The van der Waals surface area contributed by atoms with Gasteiger partial charge in [-0.25, -0.2) is 0 Å². The van der Waals surface area contributed by atoms with Gasteiger partial charge in [0.25, 0.3) is 0 Å². The maximum absolute atomic E-state index is 5.76. The molecule has 0 aliphatic carbocycles. The van der Waals surface area contributed by atoms with Crippen LogP contribution in [0.2, 0.25) is 0 Å². The van der Waals surface area contributed by atoms with Gasteiger partial charge < -0.3 is 10.5 Å². The fourth-order valence-corrected chi connectivity index (χ4v) is 2.89. The van der Waals surface area contributed by atoms with Crippen molar-refractivity contribution in [3.8, 4) is 16.9 Å². The smallest absolute Gasteiger partial charge is 0.122 e. The molecular weight excluding hydrogens is 230 g/mol. The summed E-state index contributed by atoms with van der Waals surface area (Å²) in [4.78, 5) is 0. The summed E-state index contributed by atoms with van der Waals surface area (Å²) < 4.78 is 5.33. The van der Waals surface area contributed by atoms with E-state index in [-0.39, 0.29) is 0 Å². The van der Waals surface area contributed by atoms with Crippen LogP contribution < -0.4 is 10.5 Å². The zero-order chi connectivity index (χ0) is 12.4. The molecule has 2 nitrogen and oxygen atoms in total. The van der Waals surface area contributed by atoms with E-state index in [1.165, 1.54) is 22.3 Å². The number of hydrogen-bond donors (Lipinski definition) is 1. The van der Waals surface area contributed by atoms with Gasteiger partial charge in [-0.3, -0.25) is 0 Å². The lowest BCUT2D eigenvalue weighted by molar-refractivity contribution is 0.411. The zero-order valence-electron chi connectivity index (χ0n) is 10.4. The Bertz CT molecular complexity index is 531. The predicted molar refractivity (Wildman–Crippen MR) is 73.7 cm³/mol. The van der Waals surface area contributed by atoms with Crippen molar-refractivity contribution >= 4 is 11.3 Å². The quantitative estimate of drug-likeness (QED) is 0.901. The lowest BCUT2D eigenvalue weighted by Gasteiger charge is -2.11. The van der Waals surface area contributed by atoms with Gasteiger partial charge in [-0.2, -0.15) is 11.3 Å². The van der Waals surface area contributed by atoms with Crippen molar-refractivity contribution in [1.82, 2.24) is 0 Å². The van der Waals surface area contributed by atoms with Crippen LogP contribution in [0.3, 0.4) is 0 Å². The number of rotatable bonds is 3. The van der Waals surface area contributed by atoms with E-state index in [0.29, 0.717) is 6.54 Å². The largest absolute Gasteiger partial charge is 0.496 e. The van der Waals surface area contributed by atoms with Crippen molar-refractivity contribution < 1.29 is 4.74 Å². The average molecular weight is 247 g/mol. The molecule has 17 heavy (non-hydrogen) atoms. The van der Waals surface area contributed by atoms with Gasteiger partial charge in [0.1, 0.15) is 5.75 Å². The Kier molecular flexibility index (Phi) is 3.50. The normalized spacial score (nSPS) is 10.6. The SMILES string of the molecule is COc1cc(C)c(-c2cscc2CN)cc1C. The third-order valence-corrected chi connectivity index (χ3v) is 3.79. The van der Waals surface area contributed by atoms with Crippen molar-refractivity contribution in [2.45, 2.75) is 20.4 Å². The summed E-state index contributed by atoms with van der Waals surface area (Å²) in [6, 6.07) is 4.26. The molecule has 1 aromatic carbocycles. The van der Waals surface area contributed by atoms with E-state index in [1.54, 1.807) is 18.4 Å². The molecule has 0 aliphatic heterocycles. The molecule has 1 heterocycles. The van der Waals surface area contributed by atoms with Gasteiger partial charge in [0.15, 0.2) is 0 Å². The van der Waals surface area contributed by atoms with Gasteiger partial charge >= 0.3 is 0 Å². The zero-order valence-corrected chi connectivity index (χ0v) is 11.2. The third-order valence-electron chi connectivity index (χ3n) is 2.99. The Morgan fingerprint density at radius 1 is 1.12 bits per heavy atom. The van der Waals surface area contributed by atoms with Crippen LogP contribution in [0.25, 0.3) is 11.1 Å². The fraction of sp³-hybridized carbons (Fsp3) is 0.286. The number of nitrogens with two attached hydrogens (primary N) is 1. The molecule has 0 radical (unpaired) electrons. The second-order valence-corrected chi connectivity index (χ2v) is 4.90. The van der Waals surface area contributed by atoms with Crippen LogP contribution >= 0.6 is 11.3 Å². The molecular formula is C14H17NOS. The van der Waals surface area contributed by atoms with E-state index < -0.39 is 0 Å². The van der Waals surface area contributed by atoms with Crippen molar-refractivity contribution in [3.63, 3.8) is 0 Å². The van der Waals surface area contributed by atoms with Crippen LogP contribution in [-0.2, 0) is 6.54 Å². The summed E-state index contributed by atoms with van der Waals surface area (Å²) in [5.41, 5.74) is 11.9. The number of hydrogen-bond acceptors (Lipinski definition) is 3. The number of benzene rings is 1. The first-order valence-electron chi connectivity index (χ1n) is 5.58. The Morgan fingerprint density at radius 2 is 1.88 bits per heavy atom. The van der Waals surface area contributed by atoms with Crippen molar-refractivity contribution in [2.75, 3.05) is 7.11 Å². The monoisotopic (exact) mass is 247 g/mol. The summed E-state index contributed by atoms with van der Waals surface area (Å²) in [6.07, 6.45) is 0. The Balaban J connectivity index is 2.56. The van der Waals surface area contributed by atoms with E-state index in [1.807, 2.05) is 0 Å². The molecule has 0 unspecified atom stereocenters. The van der Waals surface area contributed by atoms with E-state index >= 15 is 0 Å². The molecule has 2 N–H and O–H groups in total. The van der Waals surface area contributed by atoms with Gasteiger partial charge in [-0.15, -0.1) is 0 Å². The van der Waals surface area contributed by atoms with Crippen LogP contribution in [0.4, 0.5) is 0 Å². The van der Waals surface area contributed by atoms with Crippen molar-refractivity contribution in [2.24, 2.45) is 5.73 Å². The summed E-state index contributed by atoms with van der Waals surface area (Å²) in [5.74, 6) is 0.941. The van der Waals surface area contributed by atoms with Crippen LogP contribution in [0.5, 0.6) is 5.75 Å². The molecule has 0 bridgehead atoms. The third kappa shape index (κ3) is 2.21. The molecule has 90 valence electrons. The van der Waals surface area contributed by atoms with E-state index in [4.69, 9.17) is 10.5 Å². The van der Waals surface area contributed by atoms with E-state index in [9.17, 15) is 0 Å². The molecule has 2 aromatic rings. The molecule has 0 fully saturated rings. The van der Waals surface area contributed by atoms with Crippen molar-refractivity contribution in [3.05, 3.63) is 39.6 Å². The first kappa shape index (κ1) is 12.1. The first-order chi connectivity index (χ1) is 8.17. The molecule has 0 atom stereocenters.